The quantitative estimate of drug-likeness (QED) is 0.445. The van der Waals surface area contributed by atoms with E-state index in [1.165, 1.54) is 16.0 Å². The molecule has 0 radical (unpaired) electrons. The van der Waals surface area contributed by atoms with Gasteiger partial charge in [0.15, 0.2) is 12.4 Å². The van der Waals surface area contributed by atoms with Crippen molar-refractivity contribution in [1.82, 2.24) is 14.9 Å². The standard InChI is InChI=1S/C24H24N4O3S/c29-22(30)15-31-19-4-2-17(3-5-19)18-7-11-28(12-8-18)14-16-1-6-21-20(13-16)27-23-24(32-21)26-10-9-25-23/h1-6,9-10,13,18H,7-8,11-12,14-15H2,(H,25,27)(H,29,30). The van der Waals surface area contributed by atoms with Gasteiger partial charge >= 0.3 is 5.97 Å². The summed E-state index contributed by atoms with van der Waals surface area (Å²) in [7, 11) is 0. The number of nitrogens with zero attached hydrogens (tertiary/aromatic N) is 3. The summed E-state index contributed by atoms with van der Waals surface area (Å²) in [6.45, 7) is 2.72. The number of benzene rings is 2. The maximum Gasteiger partial charge on any atom is 0.341 e. The number of piperidine rings is 1. The average Bonchev–Trinajstić information content (AvgIpc) is 2.82. The van der Waals surface area contributed by atoms with E-state index < -0.39 is 5.97 Å². The molecule has 3 aromatic rings. The summed E-state index contributed by atoms with van der Waals surface area (Å²) in [6.07, 6.45) is 5.65. The Morgan fingerprint density at radius 2 is 1.91 bits per heavy atom. The van der Waals surface area contributed by atoms with E-state index in [0.717, 1.165) is 49.0 Å². The molecular weight excluding hydrogens is 424 g/mol. The molecule has 0 atom stereocenters. The Morgan fingerprint density at radius 1 is 1.12 bits per heavy atom. The fraction of sp³-hybridized carbons (Fsp3) is 0.292. The molecule has 1 fully saturated rings. The molecule has 0 bridgehead atoms. The summed E-state index contributed by atoms with van der Waals surface area (Å²) in [5.74, 6) is 0.980. The molecule has 8 heteroatoms. The fourth-order valence-electron chi connectivity index (χ4n) is 4.24. The monoisotopic (exact) mass is 448 g/mol. The Morgan fingerprint density at radius 3 is 2.69 bits per heavy atom. The van der Waals surface area contributed by atoms with Crippen LogP contribution in [-0.2, 0) is 11.3 Å². The number of anilines is 2. The van der Waals surface area contributed by atoms with E-state index in [1.54, 1.807) is 24.2 Å². The van der Waals surface area contributed by atoms with Crippen LogP contribution >= 0.6 is 11.8 Å². The lowest BCUT2D eigenvalue weighted by molar-refractivity contribution is -0.139. The summed E-state index contributed by atoms with van der Waals surface area (Å²) >= 11 is 1.65. The fourth-order valence-corrected chi connectivity index (χ4v) is 5.12. The molecule has 0 spiro atoms. The van der Waals surface area contributed by atoms with Gasteiger partial charge in [0.25, 0.3) is 0 Å². The minimum absolute atomic E-state index is 0.311. The largest absolute Gasteiger partial charge is 0.482 e. The molecule has 0 aliphatic carbocycles. The molecule has 1 aromatic heterocycles. The molecule has 0 saturated carbocycles. The second kappa shape index (κ2) is 9.18. The number of hydrogen-bond donors (Lipinski definition) is 2. The van der Waals surface area contributed by atoms with Crippen LogP contribution in [0.4, 0.5) is 11.5 Å². The lowest BCUT2D eigenvalue weighted by Gasteiger charge is -2.32. The van der Waals surface area contributed by atoms with Crippen LogP contribution in [0.15, 0.2) is 64.8 Å². The summed E-state index contributed by atoms with van der Waals surface area (Å²) in [5.41, 5.74) is 3.69. The highest BCUT2D eigenvalue weighted by molar-refractivity contribution is 7.99. The van der Waals surface area contributed by atoms with Gasteiger partial charge in [0, 0.05) is 23.8 Å². The van der Waals surface area contributed by atoms with E-state index in [4.69, 9.17) is 9.84 Å². The molecule has 3 heterocycles. The van der Waals surface area contributed by atoms with Crippen molar-refractivity contribution in [2.24, 2.45) is 0 Å². The predicted molar refractivity (Wildman–Crippen MR) is 123 cm³/mol. The molecule has 0 amide bonds. The van der Waals surface area contributed by atoms with Crippen molar-refractivity contribution >= 4 is 29.2 Å². The maximum atomic E-state index is 10.6. The topological polar surface area (TPSA) is 87.6 Å². The van der Waals surface area contributed by atoms with E-state index in [9.17, 15) is 4.79 Å². The molecule has 5 rings (SSSR count). The first-order chi connectivity index (χ1) is 15.6. The van der Waals surface area contributed by atoms with Gasteiger partial charge in [-0.2, -0.15) is 0 Å². The normalized spacial score (nSPS) is 16.0. The van der Waals surface area contributed by atoms with Gasteiger partial charge < -0.3 is 15.2 Å². The highest BCUT2D eigenvalue weighted by Crippen LogP contribution is 2.42. The third-order valence-corrected chi connectivity index (χ3v) is 6.94. The smallest absolute Gasteiger partial charge is 0.341 e. The number of likely N-dealkylation sites (tertiary alicyclic amines) is 1. The van der Waals surface area contributed by atoms with E-state index in [1.807, 2.05) is 12.1 Å². The molecule has 2 aromatic carbocycles. The van der Waals surface area contributed by atoms with Gasteiger partial charge in [-0.25, -0.2) is 14.8 Å². The average molecular weight is 449 g/mol. The number of aliphatic carboxylic acids is 1. The maximum absolute atomic E-state index is 10.6. The van der Waals surface area contributed by atoms with Crippen molar-refractivity contribution in [1.29, 1.82) is 0 Å². The summed E-state index contributed by atoms with van der Waals surface area (Å²) in [5, 5.41) is 13.0. The van der Waals surface area contributed by atoms with Crippen molar-refractivity contribution in [3.63, 3.8) is 0 Å². The number of carboxylic acids is 1. The number of aromatic nitrogens is 2. The first kappa shape index (κ1) is 20.8. The zero-order chi connectivity index (χ0) is 21.9. The third-order valence-electron chi connectivity index (χ3n) is 5.88. The molecule has 1 saturated heterocycles. The number of rotatable bonds is 6. The molecule has 164 valence electrons. The van der Waals surface area contributed by atoms with E-state index >= 15 is 0 Å². The van der Waals surface area contributed by atoms with Gasteiger partial charge in [0.1, 0.15) is 10.8 Å². The SMILES string of the molecule is O=C(O)COc1ccc(C2CCN(Cc3ccc4c(c3)Nc3nccnc3S4)CC2)cc1. The van der Waals surface area contributed by atoms with Gasteiger partial charge in [0.2, 0.25) is 0 Å². The Bertz CT molecular complexity index is 1110. The minimum Gasteiger partial charge on any atom is -0.482 e. The lowest BCUT2D eigenvalue weighted by atomic mass is 9.89. The highest BCUT2D eigenvalue weighted by atomic mass is 32.2. The van der Waals surface area contributed by atoms with E-state index in [2.05, 4.69) is 50.5 Å². The van der Waals surface area contributed by atoms with E-state index in [0.29, 0.717) is 11.7 Å². The highest BCUT2D eigenvalue weighted by Gasteiger charge is 2.22. The molecule has 7 nitrogen and oxygen atoms in total. The molecule has 0 unspecified atom stereocenters. The first-order valence-electron chi connectivity index (χ1n) is 10.7. The van der Waals surface area contributed by atoms with Crippen LogP contribution in [0.1, 0.15) is 29.9 Å². The Labute approximate surface area is 190 Å². The Balaban J connectivity index is 1.16. The van der Waals surface area contributed by atoms with Gasteiger partial charge in [-0.3, -0.25) is 4.90 Å². The van der Waals surface area contributed by atoms with Crippen LogP contribution < -0.4 is 10.1 Å². The third kappa shape index (κ3) is 4.71. The van der Waals surface area contributed by atoms with Crippen LogP contribution in [-0.4, -0.2) is 45.6 Å². The van der Waals surface area contributed by atoms with Crippen molar-refractivity contribution in [3.8, 4) is 5.75 Å². The lowest BCUT2D eigenvalue weighted by Crippen LogP contribution is -2.32. The van der Waals surface area contributed by atoms with Gasteiger partial charge in [-0.05, 0) is 67.2 Å². The molecule has 2 aliphatic rings. The summed E-state index contributed by atoms with van der Waals surface area (Å²) in [6, 6.07) is 14.5. The molecular formula is C24H24N4O3S. The van der Waals surface area contributed by atoms with Gasteiger partial charge in [-0.1, -0.05) is 30.0 Å². The number of fused-ring (bicyclic) bond motifs is 2. The number of ether oxygens (including phenoxy) is 1. The molecule has 2 aliphatic heterocycles. The molecule has 2 N–H and O–H groups in total. The number of carbonyl (C=O) groups is 1. The second-order valence-corrected chi connectivity index (χ2v) is 9.10. The number of carboxylic acid groups (broad SMARTS) is 1. The van der Waals surface area contributed by atoms with Crippen LogP contribution in [0, 0.1) is 0 Å². The zero-order valence-electron chi connectivity index (χ0n) is 17.5. The predicted octanol–water partition coefficient (Wildman–Crippen LogP) is 4.53. The first-order valence-corrected chi connectivity index (χ1v) is 11.5. The summed E-state index contributed by atoms with van der Waals surface area (Å²) in [4.78, 5) is 23.1. The summed E-state index contributed by atoms with van der Waals surface area (Å²) < 4.78 is 5.23. The zero-order valence-corrected chi connectivity index (χ0v) is 18.3. The molecule has 32 heavy (non-hydrogen) atoms. The van der Waals surface area contributed by atoms with Gasteiger partial charge in [0.05, 0.1) is 5.69 Å². The second-order valence-electron chi connectivity index (χ2n) is 8.07. The minimum atomic E-state index is -0.964. The van der Waals surface area contributed by atoms with Crippen molar-refractivity contribution in [2.45, 2.75) is 35.2 Å². The van der Waals surface area contributed by atoms with Crippen LogP contribution in [0.5, 0.6) is 5.75 Å². The van der Waals surface area contributed by atoms with Crippen molar-refractivity contribution in [2.75, 3.05) is 25.0 Å². The van der Waals surface area contributed by atoms with Crippen LogP contribution in [0.2, 0.25) is 0 Å². The van der Waals surface area contributed by atoms with Gasteiger partial charge in [-0.15, -0.1) is 0 Å². The Hall–Kier alpha value is -3.10. The van der Waals surface area contributed by atoms with Crippen LogP contribution in [0.25, 0.3) is 0 Å². The van der Waals surface area contributed by atoms with Crippen molar-refractivity contribution in [3.05, 3.63) is 66.0 Å². The number of nitrogens with one attached hydrogen (secondary N) is 1. The van der Waals surface area contributed by atoms with E-state index in [-0.39, 0.29) is 6.61 Å². The van der Waals surface area contributed by atoms with Crippen LogP contribution in [0.3, 0.4) is 0 Å². The van der Waals surface area contributed by atoms with Crippen molar-refractivity contribution < 1.29 is 14.6 Å². The Kier molecular flexibility index (Phi) is 5.96. The number of hydrogen-bond acceptors (Lipinski definition) is 7.